The van der Waals surface area contributed by atoms with Crippen molar-refractivity contribution in [1.82, 2.24) is 9.97 Å². The van der Waals surface area contributed by atoms with Crippen LogP contribution in [0.15, 0.2) is 28.2 Å². The summed E-state index contributed by atoms with van der Waals surface area (Å²) in [6.45, 7) is 6.05. The number of thiazole rings is 1. The Kier molecular flexibility index (Phi) is 3.85. The van der Waals surface area contributed by atoms with Gasteiger partial charge in [-0.05, 0) is 38.5 Å². The summed E-state index contributed by atoms with van der Waals surface area (Å²) in [5, 5.41) is 6.03. The summed E-state index contributed by atoms with van der Waals surface area (Å²) in [5.74, 6) is 0.936. The Balaban J connectivity index is 1.82. The molecule has 0 aliphatic rings. The molecule has 114 valence electrons. The molecule has 0 saturated heterocycles. The average molecular weight is 315 g/mol. The summed E-state index contributed by atoms with van der Waals surface area (Å²) < 4.78 is 5.28. The minimum Gasteiger partial charge on any atom is -0.467 e. The normalized spacial score (nSPS) is 10.9. The van der Waals surface area contributed by atoms with Crippen LogP contribution in [-0.2, 0) is 6.54 Å². The van der Waals surface area contributed by atoms with Crippen LogP contribution in [-0.4, -0.2) is 15.8 Å². The third-order valence-electron chi connectivity index (χ3n) is 3.54. The van der Waals surface area contributed by atoms with Gasteiger partial charge in [-0.3, -0.25) is 4.79 Å². The second kappa shape index (κ2) is 5.81. The minimum absolute atomic E-state index is 0.0731. The van der Waals surface area contributed by atoms with E-state index in [0.717, 1.165) is 39.1 Å². The number of aromatic amines is 1. The molecule has 0 unspecified atom stereocenters. The lowest BCUT2D eigenvalue weighted by atomic mass is 10.1. The van der Waals surface area contributed by atoms with Crippen molar-refractivity contribution < 1.29 is 9.21 Å². The maximum atomic E-state index is 11.7. The molecule has 3 heterocycles. The topological polar surface area (TPSA) is 70.9 Å². The molecule has 3 rings (SSSR count). The lowest BCUT2D eigenvalue weighted by molar-refractivity contribution is 0.101. The second-order valence-electron chi connectivity index (χ2n) is 5.15. The van der Waals surface area contributed by atoms with Crippen LogP contribution < -0.4 is 5.32 Å². The summed E-state index contributed by atoms with van der Waals surface area (Å²) in [6, 6.07) is 3.78. The van der Waals surface area contributed by atoms with Crippen molar-refractivity contribution in [2.45, 2.75) is 27.3 Å². The first-order valence-electron chi connectivity index (χ1n) is 6.98. The smallest absolute Gasteiger partial charge is 0.183 e. The molecule has 3 aromatic rings. The number of carbonyl (C=O) groups excluding carboxylic acids is 1. The Morgan fingerprint density at radius 3 is 2.91 bits per heavy atom. The maximum Gasteiger partial charge on any atom is 0.183 e. The van der Waals surface area contributed by atoms with Gasteiger partial charge in [0.05, 0.1) is 18.5 Å². The number of H-pyrrole nitrogens is 1. The molecule has 0 saturated carbocycles. The summed E-state index contributed by atoms with van der Waals surface area (Å²) in [7, 11) is 0. The Bertz CT molecular complexity index is 800. The zero-order valence-corrected chi connectivity index (χ0v) is 13.5. The fourth-order valence-electron chi connectivity index (χ4n) is 2.58. The number of aromatic nitrogens is 2. The third-order valence-corrected chi connectivity index (χ3v) is 4.34. The van der Waals surface area contributed by atoms with Crippen LogP contribution in [0.4, 0.5) is 5.13 Å². The third kappa shape index (κ3) is 2.69. The van der Waals surface area contributed by atoms with E-state index in [1.807, 2.05) is 31.4 Å². The van der Waals surface area contributed by atoms with E-state index in [9.17, 15) is 4.79 Å². The predicted octanol–water partition coefficient (Wildman–Crippen LogP) is 4.16. The molecule has 3 aromatic heterocycles. The molecule has 0 bridgehead atoms. The lowest BCUT2D eigenvalue weighted by Gasteiger charge is -1.99. The van der Waals surface area contributed by atoms with E-state index < -0.39 is 0 Å². The van der Waals surface area contributed by atoms with Crippen molar-refractivity contribution in [3.05, 3.63) is 46.4 Å². The number of carbonyl (C=O) groups is 1. The molecule has 0 aliphatic heterocycles. The van der Waals surface area contributed by atoms with Gasteiger partial charge in [0.1, 0.15) is 11.5 Å². The molecule has 0 radical (unpaired) electrons. The lowest BCUT2D eigenvalue weighted by Crippen LogP contribution is -1.97. The van der Waals surface area contributed by atoms with Gasteiger partial charge in [-0.15, -0.1) is 11.3 Å². The van der Waals surface area contributed by atoms with Crippen molar-refractivity contribution >= 4 is 22.3 Å². The molecule has 22 heavy (non-hydrogen) atoms. The van der Waals surface area contributed by atoms with E-state index in [1.54, 1.807) is 13.2 Å². The largest absolute Gasteiger partial charge is 0.467 e. The Labute approximate surface area is 132 Å². The van der Waals surface area contributed by atoms with E-state index in [2.05, 4.69) is 15.3 Å². The molecule has 0 amide bonds. The highest BCUT2D eigenvalue weighted by Gasteiger charge is 2.17. The molecule has 0 fully saturated rings. The van der Waals surface area contributed by atoms with E-state index in [0.29, 0.717) is 6.54 Å². The fraction of sp³-hybridized carbons (Fsp3) is 0.250. The number of anilines is 1. The summed E-state index contributed by atoms with van der Waals surface area (Å²) in [4.78, 5) is 19.6. The van der Waals surface area contributed by atoms with E-state index in [1.165, 1.54) is 11.3 Å². The molecule has 0 aromatic carbocycles. The van der Waals surface area contributed by atoms with Crippen molar-refractivity contribution in [2.75, 3.05) is 5.32 Å². The number of rotatable bonds is 5. The zero-order valence-electron chi connectivity index (χ0n) is 12.7. The van der Waals surface area contributed by atoms with Gasteiger partial charge in [-0.1, -0.05) is 0 Å². The number of nitrogens with one attached hydrogen (secondary N) is 2. The van der Waals surface area contributed by atoms with E-state index >= 15 is 0 Å². The first-order valence-corrected chi connectivity index (χ1v) is 7.86. The molecular weight excluding hydrogens is 298 g/mol. The van der Waals surface area contributed by atoms with E-state index in [-0.39, 0.29) is 5.78 Å². The molecular formula is C16H17N3O2S. The number of furan rings is 1. The molecule has 5 nitrogen and oxygen atoms in total. The van der Waals surface area contributed by atoms with E-state index in [4.69, 9.17) is 4.42 Å². The monoisotopic (exact) mass is 315 g/mol. The van der Waals surface area contributed by atoms with Crippen LogP contribution in [0, 0.1) is 13.8 Å². The standard InChI is InChI=1S/C16H17N3O2S/c1-9-14(11(3)20)10(2)18-15(9)13-8-22-16(19-13)17-7-12-5-4-6-21-12/h4-6,8,18H,7H2,1-3H3,(H,17,19). The molecule has 0 spiro atoms. The highest BCUT2D eigenvalue weighted by atomic mass is 32.1. The number of hydrogen-bond donors (Lipinski definition) is 2. The minimum atomic E-state index is 0.0731. The number of hydrogen-bond acceptors (Lipinski definition) is 5. The molecule has 0 atom stereocenters. The van der Waals surface area contributed by atoms with Crippen molar-refractivity contribution in [1.29, 1.82) is 0 Å². The quantitative estimate of drug-likeness (QED) is 0.693. The van der Waals surface area contributed by atoms with Gasteiger partial charge in [0.2, 0.25) is 0 Å². The van der Waals surface area contributed by atoms with Crippen molar-refractivity contribution in [3.63, 3.8) is 0 Å². The zero-order chi connectivity index (χ0) is 15.7. The Morgan fingerprint density at radius 2 is 2.27 bits per heavy atom. The highest BCUT2D eigenvalue weighted by molar-refractivity contribution is 7.14. The molecule has 6 heteroatoms. The van der Waals surface area contributed by atoms with Crippen LogP contribution in [0.5, 0.6) is 0 Å². The number of ketones is 1. The van der Waals surface area contributed by atoms with Gasteiger partial charge < -0.3 is 14.7 Å². The Hall–Kier alpha value is -2.34. The average Bonchev–Trinajstić information content (AvgIpc) is 3.17. The highest BCUT2D eigenvalue weighted by Crippen LogP contribution is 2.30. The van der Waals surface area contributed by atoms with Gasteiger partial charge in [-0.2, -0.15) is 0 Å². The SMILES string of the molecule is CC(=O)c1c(C)[nH]c(-c2csc(NCc3ccco3)n2)c1C. The van der Waals surface area contributed by atoms with Crippen LogP contribution in [0.2, 0.25) is 0 Å². The van der Waals surface area contributed by atoms with Crippen molar-refractivity contribution in [3.8, 4) is 11.4 Å². The molecule has 0 aliphatic carbocycles. The van der Waals surface area contributed by atoms with Crippen molar-refractivity contribution in [2.24, 2.45) is 0 Å². The summed E-state index contributed by atoms with van der Waals surface area (Å²) in [5.41, 5.74) is 4.35. The van der Waals surface area contributed by atoms with Gasteiger partial charge in [0.15, 0.2) is 10.9 Å². The fourth-order valence-corrected chi connectivity index (χ4v) is 3.28. The second-order valence-corrected chi connectivity index (χ2v) is 6.01. The maximum absolute atomic E-state index is 11.7. The predicted molar refractivity (Wildman–Crippen MR) is 87.4 cm³/mol. The summed E-state index contributed by atoms with van der Waals surface area (Å²) in [6.07, 6.45) is 1.65. The van der Waals surface area contributed by atoms with Crippen LogP contribution in [0.3, 0.4) is 0 Å². The van der Waals surface area contributed by atoms with Gasteiger partial charge in [0, 0.05) is 16.6 Å². The number of aryl methyl sites for hydroxylation is 1. The first-order chi connectivity index (χ1) is 10.6. The van der Waals surface area contributed by atoms with Crippen LogP contribution >= 0.6 is 11.3 Å². The van der Waals surface area contributed by atoms with Gasteiger partial charge in [-0.25, -0.2) is 4.98 Å². The van der Waals surface area contributed by atoms with Crippen LogP contribution in [0.25, 0.3) is 11.4 Å². The number of nitrogens with zero attached hydrogens (tertiary/aromatic N) is 1. The Morgan fingerprint density at radius 1 is 1.45 bits per heavy atom. The molecule has 2 N–H and O–H groups in total. The first kappa shape index (κ1) is 14.6. The summed E-state index contributed by atoms with van der Waals surface area (Å²) >= 11 is 1.53. The van der Waals surface area contributed by atoms with Gasteiger partial charge in [0.25, 0.3) is 0 Å². The van der Waals surface area contributed by atoms with Gasteiger partial charge >= 0.3 is 0 Å². The number of Topliss-reactive ketones (excluding diaryl/α,β-unsaturated/α-hetero) is 1. The van der Waals surface area contributed by atoms with Crippen LogP contribution in [0.1, 0.15) is 34.3 Å².